The Balaban J connectivity index is 2.22. The molecule has 22 heavy (non-hydrogen) atoms. The zero-order valence-electron chi connectivity index (χ0n) is 13.0. The molecule has 0 saturated carbocycles. The van der Waals surface area contributed by atoms with Gasteiger partial charge in [-0.15, -0.1) is 0 Å². The summed E-state index contributed by atoms with van der Waals surface area (Å²) in [5, 5.41) is 2.90. The third kappa shape index (κ3) is 4.22. The highest BCUT2D eigenvalue weighted by atomic mass is 16.2. The molecule has 2 heterocycles. The normalized spacial score (nSPS) is 11.0. The minimum Gasteiger partial charge on any atom is -0.347 e. The van der Waals surface area contributed by atoms with E-state index < -0.39 is 0 Å². The first kappa shape index (κ1) is 15.8. The number of pyridine rings is 2. The lowest BCUT2D eigenvalue weighted by Gasteiger charge is -2.21. The number of ketones is 1. The molecule has 0 bridgehead atoms. The molecule has 2 aromatic rings. The Morgan fingerprint density at radius 3 is 2.32 bits per heavy atom. The van der Waals surface area contributed by atoms with E-state index in [0.29, 0.717) is 16.7 Å². The van der Waals surface area contributed by atoms with E-state index in [-0.39, 0.29) is 23.7 Å². The van der Waals surface area contributed by atoms with E-state index in [1.807, 2.05) is 20.8 Å². The number of nitrogens with zero attached hydrogens (tertiary/aromatic N) is 2. The lowest BCUT2D eigenvalue weighted by molar-refractivity contribution is 0.0918. The summed E-state index contributed by atoms with van der Waals surface area (Å²) in [5.74, 6) is -0.271. The molecule has 0 fully saturated rings. The zero-order valence-corrected chi connectivity index (χ0v) is 13.0. The molecule has 0 radical (unpaired) electrons. The van der Waals surface area contributed by atoms with E-state index in [0.717, 1.165) is 0 Å². The van der Waals surface area contributed by atoms with Gasteiger partial charge in [-0.05, 0) is 44.5 Å². The summed E-state index contributed by atoms with van der Waals surface area (Å²) < 4.78 is 0. The molecule has 0 atom stereocenters. The van der Waals surface area contributed by atoms with E-state index in [9.17, 15) is 9.59 Å². The van der Waals surface area contributed by atoms with Crippen molar-refractivity contribution in [2.45, 2.75) is 32.7 Å². The van der Waals surface area contributed by atoms with Gasteiger partial charge in [0, 0.05) is 47.9 Å². The predicted octanol–water partition coefficient (Wildman–Crippen LogP) is 2.43. The molecule has 1 amide bonds. The van der Waals surface area contributed by atoms with Crippen molar-refractivity contribution in [3.8, 4) is 0 Å². The number of nitrogens with one attached hydrogen (secondary N) is 1. The van der Waals surface area contributed by atoms with Crippen LogP contribution in [0.4, 0.5) is 0 Å². The second-order valence-corrected chi connectivity index (χ2v) is 6.07. The molecule has 114 valence electrons. The number of carbonyl (C=O) groups is 2. The maximum Gasteiger partial charge on any atom is 0.252 e. The highest BCUT2D eigenvalue weighted by Gasteiger charge is 2.19. The molecule has 2 rings (SSSR count). The minimum absolute atomic E-state index is 0.0693. The van der Waals surface area contributed by atoms with Crippen LogP contribution in [0.15, 0.2) is 43.0 Å². The zero-order chi connectivity index (χ0) is 16.2. The van der Waals surface area contributed by atoms with Crippen LogP contribution in [0.1, 0.15) is 47.1 Å². The molecular weight excluding hydrogens is 278 g/mol. The Hall–Kier alpha value is -2.56. The van der Waals surface area contributed by atoms with E-state index in [2.05, 4.69) is 15.3 Å². The third-order valence-corrected chi connectivity index (χ3v) is 2.99. The number of rotatable bonds is 4. The Bertz CT molecular complexity index is 676. The fourth-order valence-electron chi connectivity index (χ4n) is 2.01. The van der Waals surface area contributed by atoms with Crippen molar-refractivity contribution in [2.75, 3.05) is 0 Å². The summed E-state index contributed by atoms with van der Waals surface area (Å²) in [6.07, 6.45) is 6.40. The van der Waals surface area contributed by atoms with E-state index in [1.165, 1.54) is 0 Å². The van der Waals surface area contributed by atoms with Crippen molar-refractivity contribution in [3.05, 3.63) is 59.7 Å². The highest BCUT2D eigenvalue weighted by molar-refractivity contribution is 6.01. The Morgan fingerprint density at radius 1 is 1.05 bits per heavy atom. The van der Waals surface area contributed by atoms with Crippen LogP contribution in [0.3, 0.4) is 0 Å². The summed E-state index contributed by atoms with van der Waals surface area (Å²) in [4.78, 5) is 32.5. The summed E-state index contributed by atoms with van der Waals surface area (Å²) in [5.41, 5.74) is 1.33. The minimum atomic E-state index is -0.341. The van der Waals surface area contributed by atoms with Crippen molar-refractivity contribution in [1.82, 2.24) is 15.3 Å². The van der Waals surface area contributed by atoms with Crippen molar-refractivity contribution in [3.63, 3.8) is 0 Å². The number of amides is 1. The SMILES string of the molecule is CC(C)(C)NC(=O)c1ccncc1CC(=O)c1ccncc1. The van der Waals surface area contributed by atoms with Crippen molar-refractivity contribution in [1.29, 1.82) is 0 Å². The van der Waals surface area contributed by atoms with Gasteiger partial charge in [0.1, 0.15) is 0 Å². The van der Waals surface area contributed by atoms with Gasteiger partial charge in [-0.1, -0.05) is 0 Å². The summed E-state index contributed by atoms with van der Waals surface area (Å²) in [6, 6.07) is 4.96. The maximum atomic E-state index is 12.3. The van der Waals surface area contributed by atoms with Gasteiger partial charge in [-0.3, -0.25) is 19.6 Å². The first-order valence-electron chi connectivity index (χ1n) is 7.05. The van der Waals surface area contributed by atoms with Gasteiger partial charge in [0.25, 0.3) is 5.91 Å². The van der Waals surface area contributed by atoms with Gasteiger partial charge in [0.2, 0.25) is 0 Å². The van der Waals surface area contributed by atoms with Gasteiger partial charge in [0.15, 0.2) is 5.78 Å². The summed E-state index contributed by atoms with van der Waals surface area (Å²) in [6.45, 7) is 5.73. The second-order valence-electron chi connectivity index (χ2n) is 6.07. The van der Waals surface area contributed by atoms with Gasteiger partial charge in [0.05, 0.1) is 0 Å². The second kappa shape index (κ2) is 6.47. The van der Waals surface area contributed by atoms with Crippen LogP contribution in [0.2, 0.25) is 0 Å². The smallest absolute Gasteiger partial charge is 0.252 e. The van der Waals surface area contributed by atoms with E-state index in [1.54, 1.807) is 43.0 Å². The van der Waals surface area contributed by atoms with Gasteiger partial charge >= 0.3 is 0 Å². The number of aromatic nitrogens is 2. The molecule has 5 heteroatoms. The van der Waals surface area contributed by atoms with Crippen LogP contribution in [-0.2, 0) is 6.42 Å². The molecule has 0 aliphatic rings. The first-order chi connectivity index (χ1) is 10.4. The topological polar surface area (TPSA) is 72.0 Å². The van der Waals surface area contributed by atoms with Crippen molar-refractivity contribution < 1.29 is 9.59 Å². The first-order valence-corrected chi connectivity index (χ1v) is 7.05. The van der Waals surface area contributed by atoms with Crippen molar-refractivity contribution in [2.24, 2.45) is 0 Å². The highest BCUT2D eigenvalue weighted by Crippen LogP contribution is 2.13. The average Bonchev–Trinajstić information content (AvgIpc) is 2.47. The van der Waals surface area contributed by atoms with Gasteiger partial charge < -0.3 is 5.32 Å². The van der Waals surface area contributed by atoms with Crippen LogP contribution in [-0.4, -0.2) is 27.2 Å². The summed E-state index contributed by atoms with van der Waals surface area (Å²) >= 11 is 0. The largest absolute Gasteiger partial charge is 0.347 e. The lowest BCUT2D eigenvalue weighted by atomic mass is 10.00. The number of Topliss-reactive ketones (excluding diaryl/α,β-unsaturated/α-hetero) is 1. The van der Waals surface area contributed by atoms with Crippen LogP contribution in [0, 0.1) is 0 Å². The molecule has 0 spiro atoms. The Morgan fingerprint density at radius 2 is 1.68 bits per heavy atom. The molecule has 0 aliphatic heterocycles. The predicted molar refractivity (Wildman–Crippen MR) is 83.7 cm³/mol. The Labute approximate surface area is 129 Å². The fourth-order valence-corrected chi connectivity index (χ4v) is 2.01. The fraction of sp³-hybridized carbons (Fsp3) is 0.294. The van der Waals surface area contributed by atoms with Crippen LogP contribution in [0.25, 0.3) is 0 Å². The molecule has 0 unspecified atom stereocenters. The van der Waals surface area contributed by atoms with Gasteiger partial charge in [-0.2, -0.15) is 0 Å². The maximum absolute atomic E-state index is 12.3. The number of carbonyl (C=O) groups excluding carboxylic acids is 2. The van der Waals surface area contributed by atoms with E-state index >= 15 is 0 Å². The molecule has 5 nitrogen and oxygen atoms in total. The van der Waals surface area contributed by atoms with Crippen LogP contribution in [0.5, 0.6) is 0 Å². The van der Waals surface area contributed by atoms with Gasteiger partial charge in [-0.25, -0.2) is 0 Å². The molecule has 0 aliphatic carbocycles. The standard InChI is InChI=1S/C17H19N3O2/c1-17(2,3)20-16(22)14-6-9-19-11-13(14)10-15(21)12-4-7-18-8-5-12/h4-9,11H,10H2,1-3H3,(H,20,22). The number of hydrogen-bond acceptors (Lipinski definition) is 4. The summed E-state index contributed by atoms with van der Waals surface area (Å²) in [7, 11) is 0. The average molecular weight is 297 g/mol. The third-order valence-electron chi connectivity index (χ3n) is 2.99. The Kier molecular flexibility index (Phi) is 4.65. The van der Waals surface area contributed by atoms with Crippen LogP contribution < -0.4 is 5.32 Å². The van der Waals surface area contributed by atoms with Crippen LogP contribution >= 0.6 is 0 Å². The quantitative estimate of drug-likeness (QED) is 0.880. The molecule has 2 aromatic heterocycles. The molecule has 0 aromatic carbocycles. The van der Waals surface area contributed by atoms with Crippen molar-refractivity contribution >= 4 is 11.7 Å². The lowest BCUT2D eigenvalue weighted by Crippen LogP contribution is -2.41. The molecular formula is C17H19N3O2. The number of hydrogen-bond donors (Lipinski definition) is 1. The molecule has 1 N–H and O–H groups in total. The van der Waals surface area contributed by atoms with E-state index in [4.69, 9.17) is 0 Å². The molecule has 0 saturated heterocycles. The monoisotopic (exact) mass is 297 g/mol.